The zero-order valence-corrected chi connectivity index (χ0v) is 13.1. The summed E-state index contributed by atoms with van der Waals surface area (Å²) in [5.41, 5.74) is -0.711. The fourth-order valence-corrected chi connectivity index (χ4v) is 7.13. The van der Waals surface area contributed by atoms with Crippen molar-refractivity contribution in [1.29, 1.82) is 0 Å². The fraction of sp³-hybridized carbons (Fsp3) is 0.867. The van der Waals surface area contributed by atoms with Gasteiger partial charge in [0.1, 0.15) is 0 Å². The Bertz CT molecular complexity index is 492. The number of hydrogen-bond donors (Lipinski definition) is 0. The maximum atomic E-state index is 13.4. The van der Waals surface area contributed by atoms with Crippen molar-refractivity contribution in [2.24, 2.45) is 29.6 Å². The summed E-state index contributed by atoms with van der Waals surface area (Å²) in [4.78, 5) is 0. The maximum absolute atomic E-state index is 13.4. The highest BCUT2D eigenvalue weighted by Crippen LogP contribution is 2.80. The molecule has 0 aromatic heterocycles. The Morgan fingerprint density at radius 2 is 1.85 bits per heavy atom. The van der Waals surface area contributed by atoms with E-state index in [0.29, 0.717) is 11.8 Å². The number of rotatable bonds is 2. The first-order chi connectivity index (χ1) is 9.16. The highest BCUT2D eigenvalue weighted by molar-refractivity contribution is 6.69. The molecule has 0 aromatic carbocycles. The van der Waals surface area contributed by atoms with Crippen LogP contribution >= 0.6 is 0 Å². The summed E-state index contributed by atoms with van der Waals surface area (Å²) in [6.45, 7) is 6.29. The number of halogens is 3. The quantitative estimate of drug-likeness (QED) is 0.543. The van der Waals surface area contributed by atoms with Crippen LogP contribution in [0.4, 0.5) is 13.2 Å². The molecule has 0 radical (unpaired) electrons. The van der Waals surface area contributed by atoms with Crippen LogP contribution in [0.2, 0.25) is 19.6 Å². The van der Waals surface area contributed by atoms with Crippen molar-refractivity contribution in [2.45, 2.75) is 50.7 Å². The van der Waals surface area contributed by atoms with Gasteiger partial charge in [0, 0.05) is 23.3 Å². The molecule has 3 fully saturated rings. The zero-order chi connectivity index (χ0) is 14.5. The van der Waals surface area contributed by atoms with Crippen molar-refractivity contribution in [3.63, 3.8) is 0 Å². The molecule has 2 unspecified atom stereocenters. The van der Waals surface area contributed by atoms with Crippen LogP contribution in [-0.4, -0.2) is 20.1 Å². The molecule has 20 heavy (non-hydrogen) atoms. The molecule has 6 atom stereocenters. The lowest BCUT2D eigenvalue weighted by atomic mass is 9.83. The topological polar surface area (TPSA) is 9.23 Å². The molecule has 0 aliphatic heterocycles. The van der Waals surface area contributed by atoms with Gasteiger partial charge in [0.15, 0.2) is 8.32 Å². The van der Waals surface area contributed by atoms with Crippen LogP contribution in [0.5, 0.6) is 0 Å². The third-order valence-electron chi connectivity index (χ3n) is 5.82. The zero-order valence-electron chi connectivity index (χ0n) is 12.1. The fourth-order valence-electron chi connectivity index (χ4n) is 5.67. The Labute approximate surface area is 118 Å². The second-order valence-electron chi connectivity index (χ2n) is 7.98. The second-order valence-corrected chi connectivity index (χ2v) is 12.4. The highest BCUT2D eigenvalue weighted by atomic mass is 28.4. The first kappa shape index (κ1) is 13.4. The van der Waals surface area contributed by atoms with E-state index in [-0.39, 0.29) is 23.3 Å². The van der Waals surface area contributed by atoms with E-state index in [2.05, 4.69) is 19.6 Å². The van der Waals surface area contributed by atoms with Crippen LogP contribution in [0.15, 0.2) is 11.6 Å². The van der Waals surface area contributed by atoms with Crippen LogP contribution in [0.25, 0.3) is 0 Å². The Hall–Kier alpha value is -0.293. The predicted octanol–water partition coefficient (Wildman–Crippen LogP) is 4.37. The Morgan fingerprint density at radius 3 is 2.45 bits per heavy atom. The molecule has 0 heterocycles. The summed E-state index contributed by atoms with van der Waals surface area (Å²) in [7, 11) is -1.83. The van der Waals surface area contributed by atoms with Gasteiger partial charge in [-0.3, -0.25) is 0 Å². The number of hydrogen-bond acceptors (Lipinski definition) is 1. The van der Waals surface area contributed by atoms with Gasteiger partial charge in [0.05, 0.1) is 5.60 Å². The highest BCUT2D eigenvalue weighted by Gasteiger charge is 2.83. The molecular formula is C15H21F3OSi. The Balaban J connectivity index is 1.75. The first-order valence-electron chi connectivity index (χ1n) is 7.65. The van der Waals surface area contributed by atoms with Crippen molar-refractivity contribution >= 4 is 8.32 Å². The monoisotopic (exact) mass is 302 g/mol. The molecule has 4 aliphatic carbocycles. The molecule has 0 aromatic rings. The molecule has 1 nitrogen and oxygen atoms in total. The van der Waals surface area contributed by atoms with E-state index >= 15 is 0 Å². The number of alkyl halides is 3. The van der Waals surface area contributed by atoms with Crippen LogP contribution < -0.4 is 0 Å². The summed E-state index contributed by atoms with van der Waals surface area (Å²) >= 11 is 0. The molecule has 0 N–H and O–H groups in total. The minimum Gasteiger partial charge on any atom is -0.411 e. The van der Waals surface area contributed by atoms with Crippen LogP contribution in [0, 0.1) is 29.6 Å². The third-order valence-corrected chi connectivity index (χ3v) is 6.79. The lowest BCUT2D eigenvalue weighted by molar-refractivity contribution is -0.105. The van der Waals surface area contributed by atoms with Crippen molar-refractivity contribution < 1.29 is 17.6 Å². The standard InChI is InChI=1S/C15H21F3OSi/c1-20(2,3)19-14-10-7-11(15(16,17)18)13(14)9-6-4-5-8(9)12(10)14/h7-10,12-13H,4-6H2,1-3H3/t8-,9+,10?,12+,13?,14+/m1/s1. The second kappa shape index (κ2) is 3.54. The molecule has 3 saturated carbocycles. The minimum atomic E-state index is -4.17. The smallest absolute Gasteiger partial charge is 0.411 e. The molecule has 0 amide bonds. The van der Waals surface area contributed by atoms with Crippen LogP contribution in [0.1, 0.15) is 19.3 Å². The maximum Gasteiger partial charge on any atom is 0.412 e. The summed E-state index contributed by atoms with van der Waals surface area (Å²) in [5.74, 6) is 0.783. The van der Waals surface area contributed by atoms with Crippen molar-refractivity contribution in [2.75, 3.05) is 0 Å². The average Bonchev–Trinajstić information content (AvgIpc) is 2.63. The summed E-state index contributed by atoms with van der Waals surface area (Å²) in [6, 6.07) is 0. The summed E-state index contributed by atoms with van der Waals surface area (Å²) in [6.07, 6.45) is 0.536. The van der Waals surface area contributed by atoms with Gasteiger partial charge < -0.3 is 4.43 Å². The number of fused-ring (bicyclic) bond motifs is 4. The summed E-state index contributed by atoms with van der Waals surface area (Å²) in [5, 5.41) is 0. The molecule has 0 spiro atoms. The van der Waals surface area contributed by atoms with Gasteiger partial charge in [0.2, 0.25) is 0 Å². The van der Waals surface area contributed by atoms with E-state index < -0.39 is 20.1 Å². The molecule has 5 heteroatoms. The summed E-state index contributed by atoms with van der Waals surface area (Å²) < 4.78 is 46.5. The Morgan fingerprint density at radius 1 is 1.20 bits per heavy atom. The first-order valence-corrected chi connectivity index (χ1v) is 11.1. The van der Waals surface area contributed by atoms with Gasteiger partial charge in [-0.05, 0) is 44.3 Å². The van der Waals surface area contributed by atoms with Crippen molar-refractivity contribution in [1.82, 2.24) is 0 Å². The van der Waals surface area contributed by atoms with Crippen LogP contribution in [0.3, 0.4) is 0 Å². The molecule has 112 valence electrons. The molecule has 0 bridgehead atoms. The van der Waals surface area contributed by atoms with Gasteiger partial charge in [-0.1, -0.05) is 12.5 Å². The lowest BCUT2D eigenvalue weighted by Gasteiger charge is -2.33. The third kappa shape index (κ3) is 1.48. The predicted molar refractivity (Wildman–Crippen MR) is 72.6 cm³/mol. The molecule has 4 aliphatic rings. The van der Waals surface area contributed by atoms with Gasteiger partial charge >= 0.3 is 6.18 Å². The van der Waals surface area contributed by atoms with E-state index in [0.717, 1.165) is 19.3 Å². The van der Waals surface area contributed by atoms with E-state index in [1.807, 2.05) is 0 Å². The average molecular weight is 302 g/mol. The van der Waals surface area contributed by atoms with E-state index in [9.17, 15) is 13.2 Å². The normalized spacial score (nSPS) is 49.1. The SMILES string of the molecule is C[Si](C)(C)O[C@@]12C3C(C(F)(F)F)=CC1[C@@H]2[C@@H]1CCC[C@H]31. The van der Waals surface area contributed by atoms with Gasteiger partial charge in [-0.2, -0.15) is 13.2 Å². The molecule has 4 rings (SSSR count). The van der Waals surface area contributed by atoms with Crippen molar-refractivity contribution in [3.8, 4) is 0 Å². The van der Waals surface area contributed by atoms with Gasteiger partial charge in [0.25, 0.3) is 0 Å². The minimum absolute atomic E-state index is 0.0511. The van der Waals surface area contributed by atoms with E-state index in [1.54, 1.807) is 0 Å². The lowest BCUT2D eigenvalue weighted by Crippen LogP contribution is -2.40. The van der Waals surface area contributed by atoms with Crippen LogP contribution in [-0.2, 0) is 4.43 Å². The molecular weight excluding hydrogens is 281 g/mol. The molecule has 0 saturated heterocycles. The Kier molecular flexibility index (Phi) is 2.37. The van der Waals surface area contributed by atoms with Crippen molar-refractivity contribution in [3.05, 3.63) is 11.6 Å². The largest absolute Gasteiger partial charge is 0.412 e. The van der Waals surface area contributed by atoms with E-state index in [4.69, 9.17) is 4.43 Å². The van der Waals surface area contributed by atoms with Gasteiger partial charge in [-0.15, -0.1) is 0 Å². The van der Waals surface area contributed by atoms with E-state index in [1.165, 1.54) is 6.08 Å². The van der Waals surface area contributed by atoms with Gasteiger partial charge in [-0.25, -0.2) is 0 Å².